The Kier molecular flexibility index (Phi) is 4.71. The lowest BCUT2D eigenvalue weighted by Crippen LogP contribution is -2.35. The van der Waals surface area contributed by atoms with Gasteiger partial charge in [0.25, 0.3) is 5.91 Å². The molecule has 24 heavy (non-hydrogen) atoms. The van der Waals surface area contributed by atoms with Gasteiger partial charge in [-0.3, -0.25) is 14.5 Å². The van der Waals surface area contributed by atoms with Gasteiger partial charge in [-0.2, -0.15) is 0 Å². The highest BCUT2D eigenvalue weighted by molar-refractivity contribution is 7.17. The van der Waals surface area contributed by atoms with Crippen LogP contribution < -0.4 is 0 Å². The highest BCUT2D eigenvalue weighted by atomic mass is 32.1. The highest BCUT2D eigenvalue weighted by Gasteiger charge is 2.27. The summed E-state index contributed by atoms with van der Waals surface area (Å²) in [4.78, 5) is 41.5. The van der Waals surface area contributed by atoms with Crippen molar-refractivity contribution in [2.45, 2.75) is 19.8 Å². The average Bonchev–Trinajstić information content (AvgIpc) is 3.19. The fourth-order valence-corrected chi connectivity index (χ4v) is 3.44. The van der Waals surface area contributed by atoms with Crippen LogP contribution in [0.15, 0.2) is 30.3 Å². The fourth-order valence-electron chi connectivity index (χ4n) is 2.47. The number of aryl methyl sites for hydroxylation is 1. The molecule has 3 rings (SSSR count). The van der Waals surface area contributed by atoms with Gasteiger partial charge in [0.15, 0.2) is 6.61 Å². The quantitative estimate of drug-likeness (QED) is 0.796. The van der Waals surface area contributed by atoms with Crippen molar-refractivity contribution in [2.24, 2.45) is 0 Å². The number of rotatable bonds is 4. The molecule has 0 atom stereocenters. The Morgan fingerprint density at radius 3 is 2.71 bits per heavy atom. The Hall–Kier alpha value is -2.54. The second-order valence-electron chi connectivity index (χ2n) is 5.42. The number of nitrogens with zero attached hydrogens (tertiary/aromatic N) is 2. The maximum Gasteiger partial charge on any atom is 0.350 e. The van der Waals surface area contributed by atoms with E-state index in [1.165, 1.54) is 11.3 Å². The predicted octanol–water partition coefficient (Wildman–Crippen LogP) is 2.42. The first-order valence-electron chi connectivity index (χ1n) is 7.59. The molecule has 1 fully saturated rings. The van der Waals surface area contributed by atoms with Gasteiger partial charge in [0, 0.05) is 18.5 Å². The third kappa shape index (κ3) is 3.35. The Bertz CT molecular complexity index is 785. The molecule has 0 spiro atoms. The van der Waals surface area contributed by atoms with Gasteiger partial charge in [0.05, 0.1) is 5.69 Å². The Morgan fingerprint density at radius 1 is 1.29 bits per heavy atom. The molecule has 0 aliphatic carbocycles. The third-order valence-corrected chi connectivity index (χ3v) is 4.89. The standard InChI is InChI=1S/C17H16N2O4S/c1-11-15(24-16(18-11)12-6-3-2-4-7-12)17(22)23-10-14(21)19-9-5-8-13(19)20/h2-4,6-7H,5,8-10H2,1H3. The molecule has 1 aliphatic rings. The molecule has 1 aliphatic heterocycles. The van der Waals surface area contributed by atoms with Crippen LogP contribution >= 0.6 is 11.3 Å². The Labute approximate surface area is 143 Å². The fraction of sp³-hybridized carbons (Fsp3) is 0.294. The SMILES string of the molecule is Cc1nc(-c2ccccc2)sc1C(=O)OCC(=O)N1CCCC1=O. The summed E-state index contributed by atoms with van der Waals surface area (Å²) < 4.78 is 5.07. The van der Waals surface area contributed by atoms with Crippen molar-refractivity contribution in [1.29, 1.82) is 0 Å². The van der Waals surface area contributed by atoms with Crippen molar-refractivity contribution in [3.05, 3.63) is 40.9 Å². The second kappa shape index (κ2) is 6.92. The van der Waals surface area contributed by atoms with Crippen molar-refractivity contribution in [3.63, 3.8) is 0 Å². The summed E-state index contributed by atoms with van der Waals surface area (Å²) in [7, 11) is 0. The normalized spacial score (nSPS) is 14.0. The molecule has 2 amide bonds. The van der Waals surface area contributed by atoms with Gasteiger partial charge in [-0.15, -0.1) is 11.3 Å². The zero-order valence-electron chi connectivity index (χ0n) is 13.2. The number of aromatic nitrogens is 1. The molecule has 2 aromatic rings. The third-order valence-electron chi connectivity index (χ3n) is 3.70. The van der Waals surface area contributed by atoms with E-state index < -0.39 is 18.5 Å². The van der Waals surface area contributed by atoms with Crippen LogP contribution in [0.1, 0.15) is 28.2 Å². The van der Waals surface area contributed by atoms with E-state index in [9.17, 15) is 14.4 Å². The summed E-state index contributed by atoms with van der Waals surface area (Å²) in [6.07, 6.45) is 1.03. The number of thiazole rings is 1. The van der Waals surface area contributed by atoms with Gasteiger partial charge >= 0.3 is 5.97 Å². The highest BCUT2D eigenvalue weighted by Crippen LogP contribution is 2.28. The molecule has 1 aromatic heterocycles. The first-order valence-corrected chi connectivity index (χ1v) is 8.41. The van der Waals surface area contributed by atoms with Crippen LogP contribution in [0.2, 0.25) is 0 Å². The van der Waals surface area contributed by atoms with Crippen molar-refractivity contribution in [2.75, 3.05) is 13.2 Å². The van der Waals surface area contributed by atoms with Crippen LogP contribution in [0.25, 0.3) is 10.6 Å². The maximum atomic E-state index is 12.2. The summed E-state index contributed by atoms with van der Waals surface area (Å²) in [6.45, 7) is 1.70. The van der Waals surface area contributed by atoms with Crippen LogP contribution in [0, 0.1) is 6.92 Å². The van der Waals surface area contributed by atoms with Gasteiger partial charge < -0.3 is 4.74 Å². The van der Waals surface area contributed by atoms with Crippen LogP contribution in [0.4, 0.5) is 0 Å². The molecular weight excluding hydrogens is 328 g/mol. The summed E-state index contributed by atoms with van der Waals surface area (Å²) in [5.41, 5.74) is 1.48. The number of amides is 2. The van der Waals surface area contributed by atoms with E-state index in [0.29, 0.717) is 30.0 Å². The zero-order valence-corrected chi connectivity index (χ0v) is 14.0. The molecule has 7 heteroatoms. The topological polar surface area (TPSA) is 76.6 Å². The molecule has 6 nitrogen and oxygen atoms in total. The van der Waals surface area contributed by atoms with E-state index in [-0.39, 0.29) is 5.91 Å². The van der Waals surface area contributed by atoms with Crippen LogP contribution in [0.3, 0.4) is 0 Å². The summed E-state index contributed by atoms with van der Waals surface area (Å²) in [6, 6.07) is 9.53. The number of imide groups is 1. The van der Waals surface area contributed by atoms with Crippen molar-refractivity contribution in [3.8, 4) is 10.6 Å². The smallest absolute Gasteiger partial charge is 0.350 e. The maximum absolute atomic E-state index is 12.2. The minimum atomic E-state index is -0.591. The van der Waals surface area contributed by atoms with Gasteiger partial charge in [-0.25, -0.2) is 9.78 Å². The largest absolute Gasteiger partial charge is 0.451 e. The van der Waals surface area contributed by atoms with E-state index in [4.69, 9.17) is 4.74 Å². The number of hydrogen-bond acceptors (Lipinski definition) is 6. The van der Waals surface area contributed by atoms with E-state index in [1.807, 2.05) is 30.3 Å². The Morgan fingerprint density at radius 2 is 2.04 bits per heavy atom. The number of likely N-dealkylation sites (tertiary alicyclic amines) is 1. The number of ether oxygens (including phenoxy) is 1. The first-order chi connectivity index (χ1) is 11.6. The zero-order chi connectivity index (χ0) is 17.1. The Balaban J connectivity index is 1.66. The molecule has 0 radical (unpaired) electrons. The first kappa shape index (κ1) is 16.3. The molecule has 0 saturated carbocycles. The van der Waals surface area contributed by atoms with Crippen LogP contribution in [-0.4, -0.2) is 40.8 Å². The van der Waals surface area contributed by atoms with E-state index in [0.717, 1.165) is 15.5 Å². The molecule has 0 N–H and O–H groups in total. The lowest BCUT2D eigenvalue weighted by molar-refractivity contribution is -0.143. The monoisotopic (exact) mass is 344 g/mol. The van der Waals surface area contributed by atoms with Crippen molar-refractivity contribution >= 4 is 29.1 Å². The van der Waals surface area contributed by atoms with Crippen molar-refractivity contribution in [1.82, 2.24) is 9.88 Å². The molecule has 1 aromatic carbocycles. The van der Waals surface area contributed by atoms with Crippen molar-refractivity contribution < 1.29 is 19.1 Å². The number of hydrogen-bond donors (Lipinski definition) is 0. The second-order valence-corrected chi connectivity index (χ2v) is 6.42. The van der Waals surface area contributed by atoms with Crippen LogP contribution in [-0.2, 0) is 14.3 Å². The number of carbonyl (C=O) groups excluding carboxylic acids is 3. The predicted molar refractivity (Wildman–Crippen MR) is 88.5 cm³/mol. The van der Waals surface area contributed by atoms with E-state index >= 15 is 0 Å². The van der Waals surface area contributed by atoms with Gasteiger partial charge in [0.1, 0.15) is 9.88 Å². The molecule has 1 saturated heterocycles. The number of carbonyl (C=O) groups is 3. The minimum absolute atomic E-state index is 0.212. The number of esters is 1. The molecule has 124 valence electrons. The van der Waals surface area contributed by atoms with Gasteiger partial charge in [-0.05, 0) is 13.3 Å². The van der Waals surface area contributed by atoms with Crippen LogP contribution in [0.5, 0.6) is 0 Å². The molecular formula is C17H16N2O4S. The van der Waals surface area contributed by atoms with E-state index in [1.54, 1.807) is 6.92 Å². The summed E-state index contributed by atoms with van der Waals surface area (Å²) in [5.74, 6) is -1.28. The summed E-state index contributed by atoms with van der Waals surface area (Å²) >= 11 is 1.23. The van der Waals surface area contributed by atoms with Gasteiger partial charge in [-0.1, -0.05) is 30.3 Å². The van der Waals surface area contributed by atoms with E-state index in [2.05, 4.69) is 4.98 Å². The number of benzene rings is 1. The minimum Gasteiger partial charge on any atom is -0.451 e. The molecule has 2 heterocycles. The summed E-state index contributed by atoms with van der Waals surface area (Å²) in [5, 5.41) is 0.723. The molecule has 0 unspecified atom stereocenters. The molecule has 0 bridgehead atoms. The average molecular weight is 344 g/mol. The lowest BCUT2D eigenvalue weighted by atomic mass is 10.2. The lowest BCUT2D eigenvalue weighted by Gasteiger charge is -2.13. The van der Waals surface area contributed by atoms with Gasteiger partial charge in [0.2, 0.25) is 5.91 Å².